The Labute approximate surface area is 166 Å². The normalized spacial score (nSPS) is 11.3. The number of halogens is 3. The van der Waals surface area contributed by atoms with Crippen LogP contribution >= 0.6 is 0 Å². The van der Waals surface area contributed by atoms with Gasteiger partial charge in [0.2, 0.25) is 0 Å². The molecule has 0 aliphatic rings. The molecule has 1 N–H and O–H groups in total. The number of aryl methyl sites for hydroxylation is 1. The van der Waals surface area contributed by atoms with Crippen molar-refractivity contribution in [1.82, 2.24) is 9.78 Å². The van der Waals surface area contributed by atoms with Gasteiger partial charge in [-0.05, 0) is 44.2 Å². The fraction of sp³-hybridized carbons (Fsp3) is 0.238. The highest BCUT2D eigenvalue weighted by molar-refractivity contribution is 5.82. The molecule has 0 amide bonds. The maximum Gasteiger partial charge on any atom is 0.416 e. The summed E-state index contributed by atoms with van der Waals surface area (Å²) in [5.41, 5.74) is 2.89. The summed E-state index contributed by atoms with van der Waals surface area (Å²) < 4.78 is 44.7. The van der Waals surface area contributed by atoms with Gasteiger partial charge in [-0.25, -0.2) is 0 Å². The summed E-state index contributed by atoms with van der Waals surface area (Å²) in [5.74, 6) is -0.377. The number of alkyl halides is 3. The van der Waals surface area contributed by atoms with Crippen LogP contribution in [0.4, 0.5) is 24.5 Å². The lowest BCUT2D eigenvalue weighted by atomic mass is 10.0. The zero-order valence-corrected chi connectivity index (χ0v) is 16.0. The number of aromatic nitrogens is 2. The molecule has 8 heteroatoms. The number of ether oxygens (including phenoxy) is 1. The number of anilines is 2. The van der Waals surface area contributed by atoms with E-state index in [-0.39, 0.29) is 12.5 Å². The van der Waals surface area contributed by atoms with Crippen molar-refractivity contribution in [3.63, 3.8) is 0 Å². The summed E-state index contributed by atoms with van der Waals surface area (Å²) in [7, 11) is 0. The minimum absolute atomic E-state index is 0.00315. The molecule has 0 radical (unpaired) electrons. The summed E-state index contributed by atoms with van der Waals surface area (Å²) in [6, 6.07) is 12.2. The second-order valence-corrected chi connectivity index (χ2v) is 6.38. The van der Waals surface area contributed by atoms with Crippen LogP contribution in [0.5, 0.6) is 0 Å². The minimum atomic E-state index is -4.37. The topological polar surface area (TPSA) is 56.1 Å². The Morgan fingerprint density at radius 3 is 2.45 bits per heavy atom. The highest BCUT2D eigenvalue weighted by Gasteiger charge is 2.29. The summed E-state index contributed by atoms with van der Waals surface area (Å²) in [6.07, 6.45) is -2.62. The first-order chi connectivity index (χ1) is 13.8. The van der Waals surface area contributed by atoms with Gasteiger partial charge in [0.25, 0.3) is 0 Å². The molecule has 5 nitrogen and oxygen atoms in total. The van der Waals surface area contributed by atoms with Crippen molar-refractivity contribution < 1.29 is 22.7 Å². The number of carbonyl (C=O) groups is 1. The minimum Gasteiger partial charge on any atom is -0.465 e. The van der Waals surface area contributed by atoms with Gasteiger partial charge in [-0.1, -0.05) is 18.2 Å². The fourth-order valence-corrected chi connectivity index (χ4v) is 2.93. The van der Waals surface area contributed by atoms with Gasteiger partial charge in [-0.3, -0.25) is 9.48 Å². The molecule has 0 bridgehead atoms. The van der Waals surface area contributed by atoms with E-state index in [0.717, 1.165) is 29.0 Å². The molecule has 0 atom stereocenters. The quantitative estimate of drug-likeness (QED) is 0.576. The fourth-order valence-electron chi connectivity index (χ4n) is 2.93. The summed E-state index contributed by atoms with van der Waals surface area (Å²) in [5, 5.41) is 7.51. The molecule has 0 aliphatic carbocycles. The van der Waals surface area contributed by atoms with Crippen LogP contribution in [0.1, 0.15) is 18.2 Å². The molecule has 3 rings (SSSR count). The third kappa shape index (κ3) is 4.96. The lowest BCUT2D eigenvalue weighted by molar-refractivity contribution is -0.144. The molecule has 2 aromatic carbocycles. The van der Waals surface area contributed by atoms with E-state index < -0.39 is 11.7 Å². The van der Waals surface area contributed by atoms with Crippen LogP contribution < -0.4 is 5.32 Å². The number of hydrogen-bond acceptors (Lipinski definition) is 4. The third-order valence-corrected chi connectivity index (χ3v) is 4.25. The lowest BCUT2D eigenvalue weighted by Crippen LogP contribution is -2.13. The molecule has 0 unspecified atom stereocenters. The average Bonchev–Trinajstić information content (AvgIpc) is 3.02. The monoisotopic (exact) mass is 403 g/mol. The van der Waals surface area contributed by atoms with Crippen LogP contribution in [0, 0.1) is 6.92 Å². The zero-order valence-electron chi connectivity index (χ0n) is 16.0. The lowest BCUT2D eigenvalue weighted by Gasteiger charge is -2.13. The van der Waals surface area contributed by atoms with E-state index >= 15 is 0 Å². The van der Waals surface area contributed by atoms with Crippen molar-refractivity contribution in [3.8, 4) is 11.1 Å². The Morgan fingerprint density at radius 2 is 1.79 bits per heavy atom. The first kappa shape index (κ1) is 20.4. The number of rotatable bonds is 6. The van der Waals surface area contributed by atoms with Crippen molar-refractivity contribution in [3.05, 3.63) is 66.0 Å². The number of nitrogens with zero attached hydrogens (tertiary/aromatic N) is 2. The first-order valence-corrected chi connectivity index (χ1v) is 9.01. The van der Waals surface area contributed by atoms with E-state index in [1.54, 1.807) is 13.1 Å². The van der Waals surface area contributed by atoms with Crippen LogP contribution in [-0.2, 0) is 22.3 Å². The largest absolute Gasteiger partial charge is 0.465 e. The van der Waals surface area contributed by atoms with Crippen molar-refractivity contribution in [1.29, 1.82) is 0 Å². The molecule has 3 aromatic rings. The van der Waals surface area contributed by atoms with Crippen molar-refractivity contribution in [2.75, 3.05) is 11.9 Å². The van der Waals surface area contributed by atoms with E-state index in [1.807, 2.05) is 31.2 Å². The summed E-state index contributed by atoms with van der Waals surface area (Å²) in [4.78, 5) is 11.7. The van der Waals surface area contributed by atoms with E-state index in [1.165, 1.54) is 16.8 Å². The second-order valence-electron chi connectivity index (χ2n) is 6.38. The molecule has 0 spiro atoms. The van der Waals surface area contributed by atoms with Crippen LogP contribution in [0.2, 0.25) is 0 Å². The maximum atomic E-state index is 12.8. The molecule has 0 saturated carbocycles. The van der Waals surface area contributed by atoms with Gasteiger partial charge >= 0.3 is 12.1 Å². The number of hydrogen-bond donors (Lipinski definition) is 1. The van der Waals surface area contributed by atoms with Gasteiger partial charge in [-0.2, -0.15) is 18.3 Å². The van der Waals surface area contributed by atoms with Crippen LogP contribution in [-0.4, -0.2) is 22.4 Å². The predicted octanol–water partition coefficient (Wildman–Crippen LogP) is 5.18. The number of para-hydroxylation sites is 1. The SMILES string of the molecule is CCOC(=O)Cn1cc(-c2ccccc2Nc2ccc(C(F)(F)F)cc2)c(C)n1. The molecular weight excluding hydrogens is 383 g/mol. The third-order valence-electron chi connectivity index (χ3n) is 4.25. The van der Waals surface area contributed by atoms with Crippen LogP contribution in [0.3, 0.4) is 0 Å². The Hall–Kier alpha value is -3.29. The molecule has 1 heterocycles. The zero-order chi connectivity index (χ0) is 21.0. The molecular formula is C21H20F3N3O2. The molecule has 29 heavy (non-hydrogen) atoms. The number of nitrogens with one attached hydrogen (secondary N) is 1. The maximum absolute atomic E-state index is 12.8. The van der Waals surface area contributed by atoms with Crippen molar-refractivity contribution in [2.45, 2.75) is 26.6 Å². The molecule has 0 fully saturated rings. The van der Waals surface area contributed by atoms with Gasteiger partial charge in [0.15, 0.2) is 0 Å². The van der Waals surface area contributed by atoms with Gasteiger partial charge in [0, 0.05) is 28.7 Å². The van der Waals surface area contributed by atoms with Gasteiger partial charge < -0.3 is 10.1 Å². The smallest absolute Gasteiger partial charge is 0.416 e. The van der Waals surface area contributed by atoms with E-state index in [9.17, 15) is 18.0 Å². The number of esters is 1. The van der Waals surface area contributed by atoms with Gasteiger partial charge in [0.1, 0.15) is 6.54 Å². The first-order valence-electron chi connectivity index (χ1n) is 9.01. The Morgan fingerprint density at radius 1 is 1.10 bits per heavy atom. The number of benzene rings is 2. The summed E-state index contributed by atoms with van der Waals surface area (Å²) in [6.45, 7) is 3.86. The molecule has 0 saturated heterocycles. The standard InChI is InChI=1S/C21H20F3N3O2/c1-3-29-20(28)13-27-12-18(14(2)26-27)17-6-4-5-7-19(17)25-16-10-8-15(9-11-16)21(22,23)24/h4-12,25H,3,13H2,1-2H3. The molecule has 0 aliphatic heterocycles. The van der Waals surface area contributed by atoms with E-state index in [4.69, 9.17) is 4.74 Å². The molecule has 152 valence electrons. The average molecular weight is 403 g/mol. The van der Waals surface area contributed by atoms with Gasteiger partial charge in [0.05, 0.1) is 17.9 Å². The number of carbonyl (C=O) groups excluding carboxylic acids is 1. The van der Waals surface area contributed by atoms with E-state index in [0.29, 0.717) is 18.0 Å². The highest BCUT2D eigenvalue weighted by atomic mass is 19.4. The van der Waals surface area contributed by atoms with Crippen molar-refractivity contribution >= 4 is 17.3 Å². The van der Waals surface area contributed by atoms with Crippen molar-refractivity contribution in [2.24, 2.45) is 0 Å². The van der Waals surface area contributed by atoms with Gasteiger partial charge in [-0.15, -0.1) is 0 Å². The molecule has 1 aromatic heterocycles. The Balaban J connectivity index is 1.86. The second kappa shape index (κ2) is 8.38. The Bertz CT molecular complexity index is 995. The van der Waals surface area contributed by atoms with E-state index in [2.05, 4.69) is 10.4 Å². The highest BCUT2D eigenvalue weighted by Crippen LogP contribution is 2.34. The van der Waals surface area contributed by atoms with Crippen LogP contribution in [0.25, 0.3) is 11.1 Å². The summed E-state index contributed by atoms with van der Waals surface area (Å²) >= 11 is 0. The Kier molecular flexibility index (Phi) is 5.91. The predicted molar refractivity (Wildman–Crippen MR) is 104 cm³/mol. The van der Waals surface area contributed by atoms with Crippen LogP contribution in [0.15, 0.2) is 54.7 Å².